The second-order valence-electron chi connectivity index (χ2n) is 6.64. The molecule has 2 aliphatic rings. The van der Waals surface area contributed by atoms with Crippen molar-refractivity contribution < 1.29 is 14.6 Å². The van der Waals surface area contributed by atoms with Gasteiger partial charge in [0.2, 0.25) is 12.7 Å². The zero-order valence-corrected chi connectivity index (χ0v) is 15.3. The smallest absolute Gasteiger partial charge is 0.335 e. The number of H-pyrrole nitrogens is 1. The molecule has 0 unspecified atom stereocenters. The van der Waals surface area contributed by atoms with E-state index in [2.05, 4.69) is 9.98 Å². The van der Waals surface area contributed by atoms with E-state index >= 15 is 0 Å². The molecule has 0 amide bonds. The Morgan fingerprint density at radius 1 is 1.14 bits per heavy atom. The van der Waals surface area contributed by atoms with Crippen LogP contribution in [0.5, 0.6) is 17.4 Å². The van der Waals surface area contributed by atoms with Crippen LogP contribution in [0.4, 0.5) is 5.69 Å². The van der Waals surface area contributed by atoms with Crippen LogP contribution in [0.1, 0.15) is 18.1 Å². The maximum Gasteiger partial charge on any atom is 0.335 e. The predicted molar refractivity (Wildman–Crippen MR) is 108 cm³/mol. The molecule has 0 fully saturated rings. The monoisotopic (exact) mass is 389 g/mol. The number of ether oxygens (including phenoxy) is 2. The molecule has 0 bridgehead atoms. The van der Waals surface area contributed by atoms with Gasteiger partial charge in [-0.2, -0.15) is 0 Å². The van der Waals surface area contributed by atoms with E-state index in [4.69, 9.17) is 9.47 Å². The summed E-state index contributed by atoms with van der Waals surface area (Å²) in [5, 5.41) is 10.8. The van der Waals surface area contributed by atoms with Crippen molar-refractivity contribution in [3.8, 4) is 23.1 Å². The first-order valence-corrected chi connectivity index (χ1v) is 8.88. The van der Waals surface area contributed by atoms with E-state index < -0.39 is 17.1 Å². The van der Waals surface area contributed by atoms with Gasteiger partial charge in [0.25, 0.3) is 5.56 Å². The number of hydrogen-bond donors (Lipinski definition) is 2. The summed E-state index contributed by atoms with van der Waals surface area (Å²) >= 11 is 0. The molecule has 0 spiro atoms. The van der Waals surface area contributed by atoms with Crippen molar-refractivity contribution in [2.75, 3.05) is 6.79 Å². The van der Waals surface area contributed by atoms with Crippen LogP contribution in [-0.4, -0.2) is 27.2 Å². The number of aromatic hydroxyl groups is 1. The van der Waals surface area contributed by atoms with E-state index in [-0.39, 0.29) is 12.4 Å². The Labute approximate surface area is 164 Å². The van der Waals surface area contributed by atoms with E-state index in [1.54, 1.807) is 24.3 Å². The molecular formula is C21H15N3O5. The Hall–Kier alpha value is -4.07. The van der Waals surface area contributed by atoms with Crippen LogP contribution in [0, 0.1) is 0 Å². The first kappa shape index (κ1) is 17.1. The first-order valence-electron chi connectivity index (χ1n) is 8.88. The van der Waals surface area contributed by atoms with E-state index in [0.29, 0.717) is 28.5 Å². The minimum Gasteiger partial charge on any atom is -0.494 e. The van der Waals surface area contributed by atoms with Gasteiger partial charge in [-0.05, 0) is 31.2 Å². The van der Waals surface area contributed by atoms with Crippen LogP contribution in [0.25, 0.3) is 17.3 Å². The molecule has 2 N–H and O–H groups in total. The van der Waals surface area contributed by atoms with Gasteiger partial charge >= 0.3 is 5.69 Å². The molecule has 2 aromatic carbocycles. The number of para-hydroxylation sites is 1. The maximum atomic E-state index is 12.5. The normalized spacial score (nSPS) is 15.5. The highest BCUT2D eigenvalue weighted by molar-refractivity contribution is 6.31. The molecule has 0 radical (unpaired) electrons. The lowest BCUT2D eigenvalue weighted by atomic mass is 10.0. The summed E-state index contributed by atoms with van der Waals surface area (Å²) in [6, 6.07) is 12.3. The molecule has 0 saturated carbocycles. The van der Waals surface area contributed by atoms with E-state index in [0.717, 1.165) is 15.8 Å². The first-order chi connectivity index (χ1) is 14.0. The van der Waals surface area contributed by atoms with Crippen molar-refractivity contribution in [1.29, 1.82) is 0 Å². The van der Waals surface area contributed by atoms with Crippen molar-refractivity contribution in [3.63, 3.8) is 0 Å². The average molecular weight is 389 g/mol. The van der Waals surface area contributed by atoms with Crippen LogP contribution in [0.15, 0.2) is 57.0 Å². The van der Waals surface area contributed by atoms with Gasteiger partial charge in [0, 0.05) is 22.9 Å². The lowest BCUT2D eigenvalue weighted by Gasteiger charge is -2.11. The third kappa shape index (κ3) is 2.65. The Morgan fingerprint density at radius 3 is 2.79 bits per heavy atom. The predicted octanol–water partition coefficient (Wildman–Crippen LogP) is 2.61. The van der Waals surface area contributed by atoms with Gasteiger partial charge in [-0.25, -0.2) is 9.36 Å². The number of allylic oxidation sites excluding steroid dienone is 1. The van der Waals surface area contributed by atoms with Gasteiger partial charge in [-0.15, -0.1) is 0 Å². The van der Waals surface area contributed by atoms with Crippen molar-refractivity contribution in [1.82, 2.24) is 9.55 Å². The van der Waals surface area contributed by atoms with Crippen molar-refractivity contribution in [2.45, 2.75) is 6.92 Å². The largest absolute Gasteiger partial charge is 0.494 e. The second kappa shape index (κ2) is 6.23. The van der Waals surface area contributed by atoms with E-state index in [1.807, 2.05) is 31.2 Å². The Bertz CT molecular complexity index is 1350. The van der Waals surface area contributed by atoms with Crippen LogP contribution in [-0.2, 0) is 0 Å². The molecule has 0 atom stereocenters. The SMILES string of the molecule is CC1=Nc2ccccc2C1=Cc1c(O)n(-c2ccc3c(c2)OCO3)c(=O)[nH]c1=O. The summed E-state index contributed by atoms with van der Waals surface area (Å²) in [7, 11) is 0. The highest BCUT2D eigenvalue weighted by Gasteiger charge is 2.22. The zero-order chi connectivity index (χ0) is 20.1. The minimum absolute atomic E-state index is 0.0384. The summed E-state index contributed by atoms with van der Waals surface area (Å²) in [5.41, 5.74) is 1.91. The standard InChI is InChI=1S/C21H15N3O5/c1-11-14(13-4-2-3-5-16(13)22-11)9-15-19(25)23-21(27)24(20(15)26)12-6-7-17-18(8-12)29-10-28-17/h2-9,26H,10H2,1H3,(H,23,25,27). The number of rotatable bonds is 2. The fourth-order valence-corrected chi connectivity index (χ4v) is 3.49. The quantitative estimate of drug-likeness (QED) is 0.701. The molecular weight excluding hydrogens is 374 g/mol. The molecule has 2 aliphatic heterocycles. The highest BCUT2D eigenvalue weighted by Crippen LogP contribution is 2.37. The average Bonchev–Trinajstić information content (AvgIpc) is 3.28. The Morgan fingerprint density at radius 2 is 1.93 bits per heavy atom. The fourth-order valence-electron chi connectivity index (χ4n) is 3.49. The summed E-state index contributed by atoms with van der Waals surface area (Å²) in [5.74, 6) is 0.525. The molecule has 144 valence electrons. The van der Waals surface area contributed by atoms with Crippen LogP contribution in [0.2, 0.25) is 0 Å². The number of aromatic nitrogens is 2. The third-order valence-electron chi connectivity index (χ3n) is 4.90. The van der Waals surface area contributed by atoms with Crippen molar-refractivity contribution in [2.24, 2.45) is 4.99 Å². The highest BCUT2D eigenvalue weighted by atomic mass is 16.7. The number of nitrogens with one attached hydrogen (secondary N) is 1. The summed E-state index contributed by atoms with van der Waals surface area (Å²) in [6.45, 7) is 1.91. The maximum absolute atomic E-state index is 12.5. The van der Waals surface area contributed by atoms with Crippen LogP contribution < -0.4 is 20.7 Å². The number of fused-ring (bicyclic) bond motifs is 2. The molecule has 0 aliphatic carbocycles. The molecule has 29 heavy (non-hydrogen) atoms. The molecule has 5 rings (SSSR count). The summed E-state index contributed by atoms with van der Waals surface area (Å²) < 4.78 is 11.6. The Kier molecular flexibility index (Phi) is 3.67. The second-order valence-corrected chi connectivity index (χ2v) is 6.64. The number of hydrogen-bond acceptors (Lipinski definition) is 6. The lowest BCUT2D eigenvalue weighted by Crippen LogP contribution is -2.30. The molecule has 3 heterocycles. The number of benzene rings is 2. The van der Waals surface area contributed by atoms with Gasteiger partial charge in [-0.1, -0.05) is 18.2 Å². The molecule has 8 nitrogen and oxygen atoms in total. The van der Waals surface area contributed by atoms with E-state index in [9.17, 15) is 14.7 Å². The summed E-state index contributed by atoms with van der Waals surface area (Å²) in [4.78, 5) is 31.7. The van der Waals surface area contributed by atoms with Gasteiger partial charge in [0.15, 0.2) is 11.5 Å². The van der Waals surface area contributed by atoms with Gasteiger partial charge < -0.3 is 14.6 Å². The fraction of sp³-hybridized carbons (Fsp3) is 0.0952. The number of aliphatic imine (C=N–C) groups is 1. The number of aromatic amines is 1. The molecule has 0 saturated heterocycles. The van der Waals surface area contributed by atoms with Gasteiger partial charge in [0.05, 0.1) is 11.4 Å². The van der Waals surface area contributed by atoms with Gasteiger partial charge in [-0.3, -0.25) is 14.8 Å². The summed E-state index contributed by atoms with van der Waals surface area (Å²) in [6.07, 6.45) is 1.54. The van der Waals surface area contributed by atoms with E-state index in [1.165, 1.54) is 0 Å². The molecule has 3 aromatic rings. The van der Waals surface area contributed by atoms with Crippen molar-refractivity contribution >= 4 is 23.0 Å². The lowest BCUT2D eigenvalue weighted by molar-refractivity contribution is 0.174. The zero-order valence-electron chi connectivity index (χ0n) is 15.3. The van der Waals surface area contributed by atoms with Gasteiger partial charge in [0.1, 0.15) is 5.56 Å². The Balaban J connectivity index is 1.70. The minimum atomic E-state index is -0.759. The van der Waals surface area contributed by atoms with Crippen molar-refractivity contribution in [3.05, 3.63) is 74.4 Å². The topological polar surface area (TPSA) is 106 Å². The number of nitrogens with zero attached hydrogens (tertiary/aromatic N) is 2. The molecule has 8 heteroatoms. The molecule has 1 aromatic heterocycles. The van der Waals surface area contributed by atoms with Crippen LogP contribution >= 0.6 is 0 Å². The van der Waals surface area contributed by atoms with Crippen LogP contribution in [0.3, 0.4) is 0 Å². The third-order valence-corrected chi connectivity index (χ3v) is 4.90.